The van der Waals surface area contributed by atoms with Crippen molar-refractivity contribution in [3.8, 4) is 5.75 Å². The Hall–Kier alpha value is -2.07. The van der Waals surface area contributed by atoms with Crippen molar-refractivity contribution in [2.75, 3.05) is 18.5 Å². The molecule has 0 aliphatic rings. The maximum atomic E-state index is 13.3. The van der Waals surface area contributed by atoms with E-state index in [1.807, 2.05) is 31.2 Å². The minimum absolute atomic E-state index is 0.0414. The van der Waals surface area contributed by atoms with Crippen molar-refractivity contribution in [2.24, 2.45) is 0 Å². The van der Waals surface area contributed by atoms with Crippen LogP contribution in [0.2, 0.25) is 0 Å². The highest BCUT2D eigenvalue weighted by atomic mass is 19.1. The quantitative estimate of drug-likeness (QED) is 0.851. The summed E-state index contributed by atoms with van der Waals surface area (Å²) in [5, 5.41) is 12.9. The third kappa shape index (κ3) is 4.24. The third-order valence-electron chi connectivity index (χ3n) is 2.83. The number of nitrogens with one attached hydrogen (secondary N) is 1. The zero-order chi connectivity index (χ0) is 14.4. The molecule has 0 fully saturated rings. The SMILES string of the molecule is Cc1cccc(NCC(O)COc2ccccc2F)c1. The summed E-state index contributed by atoms with van der Waals surface area (Å²) in [6, 6.07) is 14.0. The van der Waals surface area contributed by atoms with E-state index >= 15 is 0 Å². The van der Waals surface area contributed by atoms with Crippen molar-refractivity contribution in [2.45, 2.75) is 13.0 Å². The van der Waals surface area contributed by atoms with Crippen LogP contribution in [0.25, 0.3) is 0 Å². The molecule has 0 aliphatic carbocycles. The van der Waals surface area contributed by atoms with Crippen LogP contribution in [-0.4, -0.2) is 24.4 Å². The molecular weight excluding hydrogens is 257 g/mol. The van der Waals surface area contributed by atoms with Gasteiger partial charge in [-0.2, -0.15) is 0 Å². The van der Waals surface area contributed by atoms with E-state index in [1.54, 1.807) is 12.1 Å². The van der Waals surface area contributed by atoms with E-state index in [0.717, 1.165) is 11.3 Å². The molecule has 0 aliphatic heterocycles. The second kappa shape index (κ2) is 6.91. The first kappa shape index (κ1) is 14.3. The lowest BCUT2D eigenvalue weighted by molar-refractivity contribution is 0.115. The van der Waals surface area contributed by atoms with Crippen LogP contribution in [0.5, 0.6) is 5.75 Å². The van der Waals surface area contributed by atoms with Gasteiger partial charge in [-0.15, -0.1) is 0 Å². The highest BCUT2D eigenvalue weighted by Gasteiger charge is 2.07. The van der Waals surface area contributed by atoms with Crippen LogP contribution >= 0.6 is 0 Å². The molecule has 2 N–H and O–H groups in total. The molecule has 4 heteroatoms. The summed E-state index contributed by atoms with van der Waals surface area (Å²) < 4.78 is 18.6. The van der Waals surface area contributed by atoms with E-state index in [-0.39, 0.29) is 12.4 Å². The first-order valence-corrected chi connectivity index (χ1v) is 6.51. The van der Waals surface area contributed by atoms with Crippen molar-refractivity contribution in [3.05, 3.63) is 59.9 Å². The van der Waals surface area contributed by atoms with E-state index in [4.69, 9.17) is 4.74 Å². The zero-order valence-corrected chi connectivity index (χ0v) is 11.3. The van der Waals surface area contributed by atoms with E-state index in [0.29, 0.717) is 6.54 Å². The Balaban J connectivity index is 1.78. The summed E-state index contributed by atoms with van der Waals surface area (Å²) in [4.78, 5) is 0. The Kier molecular flexibility index (Phi) is 4.96. The Morgan fingerprint density at radius 1 is 1.20 bits per heavy atom. The minimum atomic E-state index is -0.713. The number of hydrogen-bond donors (Lipinski definition) is 2. The zero-order valence-electron chi connectivity index (χ0n) is 11.3. The van der Waals surface area contributed by atoms with Gasteiger partial charge in [0.25, 0.3) is 0 Å². The molecule has 20 heavy (non-hydrogen) atoms. The second-order valence-electron chi connectivity index (χ2n) is 4.65. The van der Waals surface area contributed by atoms with Crippen LogP contribution < -0.4 is 10.1 Å². The van der Waals surface area contributed by atoms with Crippen LogP contribution in [0, 0.1) is 12.7 Å². The summed E-state index contributed by atoms with van der Waals surface area (Å²) in [6.45, 7) is 2.39. The largest absolute Gasteiger partial charge is 0.488 e. The van der Waals surface area contributed by atoms with Crippen LogP contribution in [0.1, 0.15) is 5.56 Å². The first-order valence-electron chi connectivity index (χ1n) is 6.51. The number of aryl methyl sites for hydroxylation is 1. The molecule has 0 aromatic heterocycles. The standard InChI is InChI=1S/C16H18FNO2/c1-12-5-4-6-13(9-12)18-10-14(19)11-20-16-8-3-2-7-15(16)17/h2-9,14,18-19H,10-11H2,1H3. The summed E-state index contributed by atoms with van der Waals surface area (Å²) >= 11 is 0. The molecule has 2 aromatic carbocycles. The molecule has 0 saturated carbocycles. The molecule has 0 bridgehead atoms. The summed E-state index contributed by atoms with van der Waals surface area (Å²) in [5.41, 5.74) is 2.09. The third-order valence-corrected chi connectivity index (χ3v) is 2.83. The van der Waals surface area contributed by atoms with Crippen LogP contribution in [0.15, 0.2) is 48.5 Å². The molecule has 0 saturated heterocycles. The second-order valence-corrected chi connectivity index (χ2v) is 4.65. The van der Waals surface area contributed by atoms with Gasteiger partial charge in [0.2, 0.25) is 0 Å². The van der Waals surface area contributed by atoms with Gasteiger partial charge < -0.3 is 15.2 Å². The van der Waals surface area contributed by atoms with Gasteiger partial charge in [-0.25, -0.2) is 4.39 Å². The summed E-state index contributed by atoms with van der Waals surface area (Å²) in [5.74, 6) is -0.270. The monoisotopic (exact) mass is 275 g/mol. The average Bonchev–Trinajstić information content (AvgIpc) is 2.44. The lowest BCUT2D eigenvalue weighted by atomic mass is 10.2. The lowest BCUT2D eigenvalue weighted by Crippen LogP contribution is -2.26. The Bertz CT molecular complexity index is 560. The van der Waals surface area contributed by atoms with Gasteiger partial charge in [0.1, 0.15) is 12.7 Å². The number of hydrogen-bond acceptors (Lipinski definition) is 3. The number of halogens is 1. The molecule has 2 rings (SSSR count). The smallest absolute Gasteiger partial charge is 0.165 e. The van der Waals surface area contributed by atoms with E-state index in [1.165, 1.54) is 12.1 Å². The van der Waals surface area contributed by atoms with Gasteiger partial charge >= 0.3 is 0 Å². The highest BCUT2D eigenvalue weighted by Crippen LogP contribution is 2.15. The Morgan fingerprint density at radius 3 is 2.75 bits per heavy atom. The van der Waals surface area contributed by atoms with Crippen molar-refractivity contribution in [1.82, 2.24) is 0 Å². The number of rotatable bonds is 6. The number of benzene rings is 2. The fraction of sp³-hybridized carbons (Fsp3) is 0.250. The van der Waals surface area contributed by atoms with Gasteiger partial charge in [-0.3, -0.25) is 0 Å². The van der Waals surface area contributed by atoms with Gasteiger partial charge in [-0.1, -0.05) is 24.3 Å². The Labute approximate surface area is 118 Å². The van der Waals surface area contributed by atoms with Gasteiger partial charge in [0.05, 0.1) is 0 Å². The molecule has 0 amide bonds. The Morgan fingerprint density at radius 2 is 2.00 bits per heavy atom. The van der Waals surface area contributed by atoms with E-state index in [9.17, 15) is 9.50 Å². The molecular formula is C16H18FNO2. The molecule has 1 atom stereocenters. The fourth-order valence-corrected chi connectivity index (χ4v) is 1.80. The predicted octanol–water partition coefficient (Wildman–Crippen LogP) is 2.99. The number of ether oxygens (including phenoxy) is 1. The average molecular weight is 275 g/mol. The predicted molar refractivity (Wildman–Crippen MR) is 77.6 cm³/mol. The molecule has 1 unspecified atom stereocenters. The van der Waals surface area contributed by atoms with Crippen LogP contribution in [0.3, 0.4) is 0 Å². The van der Waals surface area contributed by atoms with Crippen LogP contribution in [0.4, 0.5) is 10.1 Å². The van der Waals surface area contributed by atoms with Crippen molar-refractivity contribution in [3.63, 3.8) is 0 Å². The van der Waals surface area contributed by atoms with Crippen molar-refractivity contribution in [1.29, 1.82) is 0 Å². The van der Waals surface area contributed by atoms with E-state index < -0.39 is 11.9 Å². The highest BCUT2D eigenvalue weighted by molar-refractivity contribution is 5.45. The number of aliphatic hydroxyl groups excluding tert-OH is 1. The number of aliphatic hydroxyl groups is 1. The minimum Gasteiger partial charge on any atom is -0.488 e. The molecule has 3 nitrogen and oxygen atoms in total. The van der Waals surface area contributed by atoms with Gasteiger partial charge in [-0.05, 0) is 36.8 Å². The van der Waals surface area contributed by atoms with Gasteiger partial charge in [0, 0.05) is 12.2 Å². The van der Waals surface area contributed by atoms with Crippen molar-refractivity contribution < 1.29 is 14.2 Å². The molecule has 2 aromatic rings. The molecule has 0 spiro atoms. The maximum Gasteiger partial charge on any atom is 0.165 e. The first-order chi connectivity index (χ1) is 9.65. The van der Waals surface area contributed by atoms with Crippen molar-refractivity contribution >= 4 is 5.69 Å². The van der Waals surface area contributed by atoms with E-state index in [2.05, 4.69) is 5.32 Å². The summed E-state index contributed by atoms with van der Waals surface area (Å²) in [6.07, 6.45) is -0.713. The number of anilines is 1. The number of para-hydroxylation sites is 1. The maximum absolute atomic E-state index is 13.3. The molecule has 0 heterocycles. The fourth-order valence-electron chi connectivity index (χ4n) is 1.80. The molecule has 0 radical (unpaired) electrons. The van der Waals surface area contributed by atoms with Gasteiger partial charge in [0.15, 0.2) is 11.6 Å². The lowest BCUT2D eigenvalue weighted by Gasteiger charge is -2.14. The van der Waals surface area contributed by atoms with Crippen LogP contribution in [-0.2, 0) is 0 Å². The topological polar surface area (TPSA) is 41.5 Å². The molecule has 106 valence electrons. The summed E-state index contributed by atoms with van der Waals surface area (Å²) in [7, 11) is 0. The normalized spacial score (nSPS) is 11.9.